The minimum absolute atomic E-state index is 0.0227. The lowest BCUT2D eigenvalue weighted by Crippen LogP contribution is -2.34. The Morgan fingerprint density at radius 2 is 1.04 bits per heavy atom. The van der Waals surface area contributed by atoms with Crippen LogP contribution in [0.2, 0.25) is 0 Å². The smallest absolute Gasteiger partial charge is 0.306 e. The average Bonchev–Trinajstić information content (AvgIpc) is 3.08. The van der Waals surface area contributed by atoms with Crippen LogP contribution in [0.5, 0.6) is 0 Å². The number of nitrogens with zero attached hydrogens (tertiary/aromatic N) is 1. The Hall–Kier alpha value is -2.67. The van der Waals surface area contributed by atoms with E-state index in [1.165, 1.54) is 0 Å². The van der Waals surface area contributed by atoms with E-state index < -0.39 is 0 Å². The molecule has 1 saturated carbocycles. The van der Waals surface area contributed by atoms with Gasteiger partial charge in [0, 0.05) is 25.8 Å². The molecule has 0 aromatic rings. The summed E-state index contributed by atoms with van der Waals surface area (Å²) in [6, 6.07) is 0. The van der Waals surface area contributed by atoms with Gasteiger partial charge in [0.2, 0.25) is 0 Å². The second kappa shape index (κ2) is 33.2. The van der Waals surface area contributed by atoms with Crippen molar-refractivity contribution in [2.45, 2.75) is 168 Å². The van der Waals surface area contributed by atoms with E-state index in [0.717, 1.165) is 135 Å². The first kappa shape index (κ1) is 46.4. The molecule has 292 valence electrons. The maximum absolute atomic E-state index is 12.9. The number of esters is 3. The average molecular weight is 714 g/mol. The van der Waals surface area contributed by atoms with Crippen LogP contribution in [0, 0.1) is 11.8 Å². The monoisotopic (exact) mass is 714 g/mol. The zero-order valence-electron chi connectivity index (χ0n) is 33.1. The van der Waals surface area contributed by atoms with Crippen LogP contribution in [0.25, 0.3) is 0 Å². The fourth-order valence-corrected chi connectivity index (χ4v) is 6.45. The van der Waals surface area contributed by atoms with Crippen molar-refractivity contribution in [3.8, 4) is 0 Å². The van der Waals surface area contributed by atoms with Crippen LogP contribution in [-0.2, 0) is 28.6 Å². The fraction of sp³-hybridized carbons (Fsp3) is 0.750. The minimum atomic E-state index is -0.123. The quantitative estimate of drug-likeness (QED) is 0.0290. The standard InChI is InChI=1S/C44H75NO6/c1-5-7-9-11-13-21-27-33-49-42(46)31-25-19-15-17-23-29-41(51-44(48)37-39-35-40(36-39)38-45(3)4)30-24-18-16-20-26-32-43(47)50-34-28-22-14-12-10-8-6-2/h9-12,21-22,27-28,39-41H,5-8,13-20,23-26,29-38H2,1-4H3/b11-9-,12-10-,27-21-,28-22-. The van der Waals surface area contributed by atoms with E-state index in [0.29, 0.717) is 44.3 Å². The highest BCUT2D eigenvalue weighted by molar-refractivity contribution is 5.70. The number of carbonyl (C=O) groups is 3. The third kappa shape index (κ3) is 29.6. The zero-order chi connectivity index (χ0) is 37.2. The number of hydrogen-bond donors (Lipinski definition) is 0. The van der Waals surface area contributed by atoms with Gasteiger partial charge in [0.25, 0.3) is 0 Å². The summed E-state index contributed by atoms with van der Waals surface area (Å²) in [7, 11) is 4.22. The molecule has 0 unspecified atom stereocenters. The maximum Gasteiger partial charge on any atom is 0.306 e. The van der Waals surface area contributed by atoms with Crippen molar-refractivity contribution in [3.05, 3.63) is 48.6 Å². The van der Waals surface area contributed by atoms with Gasteiger partial charge in [-0.25, -0.2) is 0 Å². The highest BCUT2D eigenvalue weighted by Crippen LogP contribution is 2.36. The number of rotatable bonds is 33. The normalized spacial score (nSPS) is 16.3. The molecule has 0 aromatic carbocycles. The van der Waals surface area contributed by atoms with Gasteiger partial charge in [-0.3, -0.25) is 14.4 Å². The van der Waals surface area contributed by atoms with Crippen molar-refractivity contribution in [1.29, 1.82) is 0 Å². The number of hydrogen-bond acceptors (Lipinski definition) is 7. The molecule has 1 fully saturated rings. The second-order valence-corrected chi connectivity index (χ2v) is 14.7. The van der Waals surface area contributed by atoms with Crippen molar-refractivity contribution in [1.82, 2.24) is 4.90 Å². The molecule has 0 spiro atoms. The SMILES string of the molecule is CCC/C=C\C/C=C\COC(=O)CCCCCCCC(CCCCCCCC(=O)OC/C=C\C/C=C\CCC)OC(=O)CC1CC(CN(C)C)C1. The van der Waals surface area contributed by atoms with Crippen LogP contribution in [-0.4, -0.2) is 62.8 Å². The Balaban J connectivity index is 2.26. The Morgan fingerprint density at radius 3 is 1.51 bits per heavy atom. The molecule has 1 aliphatic carbocycles. The van der Waals surface area contributed by atoms with Crippen molar-refractivity contribution in [2.75, 3.05) is 33.9 Å². The van der Waals surface area contributed by atoms with Gasteiger partial charge in [-0.05, 0) is 103 Å². The van der Waals surface area contributed by atoms with Crippen molar-refractivity contribution in [3.63, 3.8) is 0 Å². The van der Waals surface area contributed by atoms with Gasteiger partial charge in [0.05, 0.1) is 0 Å². The lowest BCUT2D eigenvalue weighted by Gasteiger charge is -2.36. The largest absolute Gasteiger partial charge is 0.462 e. The molecule has 1 aliphatic rings. The Labute approximate surface area is 312 Å². The molecule has 51 heavy (non-hydrogen) atoms. The lowest BCUT2D eigenvalue weighted by molar-refractivity contribution is -0.152. The van der Waals surface area contributed by atoms with E-state index in [1.54, 1.807) is 0 Å². The van der Waals surface area contributed by atoms with E-state index in [-0.39, 0.29) is 24.0 Å². The molecule has 7 nitrogen and oxygen atoms in total. The number of ether oxygens (including phenoxy) is 3. The molecule has 0 bridgehead atoms. The summed E-state index contributed by atoms with van der Waals surface area (Å²) in [6.07, 6.45) is 38.4. The molecule has 0 saturated heterocycles. The maximum atomic E-state index is 12.9. The van der Waals surface area contributed by atoms with E-state index in [9.17, 15) is 14.4 Å². The van der Waals surface area contributed by atoms with Gasteiger partial charge >= 0.3 is 17.9 Å². The summed E-state index contributed by atoms with van der Waals surface area (Å²) in [5.41, 5.74) is 0. The number of allylic oxidation sites excluding steroid dienone is 6. The van der Waals surface area contributed by atoms with E-state index in [2.05, 4.69) is 57.1 Å². The summed E-state index contributed by atoms with van der Waals surface area (Å²) >= 11 is 0. The molecule has 1 rings (SSSR count). The van der Waals surface area contributed by atoms with Gasteiger partial charge in [0.1, 0.15) is 19.3 Å². The van der Waals surface area contributed by atoms with Gasteiger partial charge < -0.3 is 19.1 Å². The fourth-order valence-electron chi connectivity index (χ4n) is 6.45. The highest BCUT2D eigenvalue weighted by atomic mass is 16.5. The molecule has 0 aliphatic heterocycles. The number of carbonyl (C=O) groups excluding carboxylic acids is 3. The summed E-state index contributed by atoms with van der Waals surface area (Å²) in [5, 5.41) is 0. The molecule has 0 aromatic heterocycles. The molecular formula is C44H75NO6. The Bertz CT molecular complexity index is 936. The first-order valence-electron chi connectivity index (χ1n) is 20.6. The van der Waals surface area contributed by atoms with Crippen molar-refractivity contribution < 1.29 is 28.6 Å². The van der Waals surface area contributed by atoms with Crippen LogP contribution in [0.3, 0.4) is 0 Å². The van der Waals surface area contributed by atoms with E-state index >= 15 is 0 Å². The second-order valence-electron chi connectivity index (χ2n) is 14.7. The Morgan fingerprint density at radius 1 is 0.588 bits per heavy atom. The van der Waals surface area contributed by atoms with Crippen molar-refractivity contribution in [2.24, 2.45) is 11.8 Å². The van der Waals surface area contributed by atoms with Crippen molar-refractivity contribution >= 4 is 17.9 Å². The van der Waals surface area contributed by atoms with E-state index in [1.807, 2.05) is 24.3 Å². The predicted octanol–water partition coefficient (Wildman–Crippen LogP) is 11.0. The number of unbranched alkanes of at least 4 members (excludes halogenated alkanes) is 10. The van der Waals surface area contributed by atoms with Gasteiger partial charge in [0.15, 0.2) is 0 Å². The molecule has 0 radical (unpaired) electrons. The van der Waals surface area contributed by atoms with Crippen LogP contribution in [0.1, 0.15) is 162 Å². The van der Waals surface area contributed by atoms with Crippen LogP contribution < -0.4 is 0 Å². The summed E-state index contributed by atoms with van der Waals surface area (Å²) in [5.74, 6) is 0.894. The van der Waals surface area contributed by atoms with Gasteiger partial charge in [-0.1, -0.05) is 114 Å². The minimum Gasteiger partial charge on any atom is -0.462 e. The van der Waals surface area contributed by atoms with Gasteiger partial charge in [-0.2, -0.15) is 0 Å². The highest BCUT2D eigenvalue weighted by Gasteiger charge is 2.31. The van der Waals surface area contributed by atoms with Crippen LogP contribution >= 0.6 is 0 Å². The topological polar surface area (TPSA) is 82.1 Å². The first-order valence-corrected chi connectivity index (χ1v) is 20.6. The first-order chi connectivity index (χ1) is 24.8. The molecule has 0 amide bonds. The summed E-state index contributed by atoms with van der Waals surface area (Å²) in [6.45, 7) is 6.13. The summed E-state index contributed by atoms with van der Waals surface area (Å²) in [4.78, 5) is 39.1. The molecule has 0 N–H and O–H groups in total. The molecule has 7 heteroatoms. The van der Waals surface area contributed by atoms with Crippen LogP contribution in [0.4, 0.5) is 0 Å². The molecule has 0 atom stereocenters. The zero-order valence-corrected chi connectivity index (χ0v) is 33.1. The lowest BCUT2D eigenvalue weighted by atomic mass is 9.73. The molecule has 0 heterocycles. The van der Waals surface area contributed by atoms with Crippen LogP contribution in [0.15, 0.2) is 48.6 Å². The Kier molecular flexibility index (Phi) is 30.2. The molecular weight excluding hydrogens is 638 g/mol. The third-order valence-electron chi connectivity index (χ3n) is 9.33. The van der Waals surface area contributed by atoms with Gasteiger partial charge in [-0.15, -0.1) is 0 Å². The predicted molar refractivity (Wildman–Crippen MR) is 211 cm³/mol. The third-order valence-corrected chi connectivity index (χ3v) is 9.33. The summed E-state index contributed by atoms with van der Waals surface area (Å²) < 4.78 is 16.7. The van der Waals surface area contributed by atoms with E-state index in [4.69, 9.17) is 14.2 Å².